The standard InChI is InChI=1S/C20H18N2O2/c1-3-11-24-19-10-9-16(12-15(19)2)20-17(14-23)13-22(21-20)18-7-5-4-6-8-18/h3-10,12-14H,1,11H2,2H3. The zero-order chi connectivity index (χ0) is 16.9. The number of aromatic nitrogens is 2. The maximum absolute atomic E-state index is 11.4. The maximum atomic E-state index is 11.4. The van der Waals surface area contributed by atoms with Crippen molar-refractivity contribution in [2.24, 2.45) is 0 Å². The Kier molecular flexibility index (Phi) is 4.57. The van der Waals surface area contributed by atoms with E-state index in [2.05, 4.69) is 11.7 Å². The van der Waals surface area contributed by atoms with Crippen molar-refractivity contribution in [3.8, 4) is 22.7 Å². The summed E-state index contributed by atoms with van der Waals surface area (Å²) in [6.45, 7) is 6.08. The molecular formula is C20H18N2O2. The van der Waals surface area contributed by atoms with Crippen LogP contribution in [0.15, 0.2) is 67.4 Å². The van der Waals surface area contributed by atoms with E-state index in [0.29, 0.717) is 17.9 Å². The van der Waals surface area contributed by atoms with Crippen molar-refractivity contribution in [3.63, 3.8) is 0 Å². The Balaban J connectivity index is 2.00. The average molecular weight is 318 g/mol. The van der Waals surface area contributed by atoms with E-state index in [4.69, 9.17) is 4.74 Å². The van der Waals surface area contributed by atoms with Gasteiger partial charge in [-0.2, -0.15) is 5.10 Å². The van der Waals surface area contributed by atoms with Gasteiger partial charge in [0.1, 0.15) is 18.1 Å². The second-order valence-corrected chi connectivity index (χ2v) is 5.41. The number of carbonyl (C=O) groups excluding carboxylic acids is 1. The number of aldehydes is 1. The minimum absolute atomic E-state index is 0.461. The molecule has 2 aromatic carbocycles. The average Bonchev–Trinajstić information content (AvgIpc) is 3.06. The van der Waals surface area contributed by atoms with Crippen LogP contribution in [-0.2, 0) is 0 Å². The molecule has 0 amide bonds. The van der Waals surface area contributed by atoms with Crippen LogP contribution >= 0.6 is 0 Å². The molecule has 24 heavy (non-hydrogen) atoms. The summed E-state index contributed by atoms with van der Waals surface area (Å²) in [5.41, 5.74) is 4.00. The molecule has 3 rings (SSSR count). The van der Waals surface area contributed by atoms with Gasteiger partial charge in [0.05, 0.1) is 11.3 Å². The number of hydrogen-bond acceptors (Lipinski definition) is 3. The summed E-state index contributed by atoms with van der Waals surface area (Å²) in [5, 5.41) is 4.58. The van der Waals surface area contributed by atoms with Gasteiger partial charge in [-0.3, -0.25) is 4.79 Å². The first kappa shape index (κ1) is 15.7. The number of carbonyl (C=O) groups is 1. The highest BCUT2D eigenvalue weighted by atomic mass is 16.5. The minimum atomic E-state index is 0.461. The molecule has 1 aromatic heterocycles. The van der Waals surface area contributed by atoms with Gasteiger partial charge in [0.25, 0.3) is 0 Å². The van der Waals surface area contributed by atoms with Crippen LogP contribution in [0.3, 0.4) is 0 Å². The number of rotatable bonds is 6. The van der Waals surface area contributed by atoms with Crippen LogP contribution in [0.2, 0.25) is 0 Å². The van der Waals surface area contributed by atoms with E-state index < -0.39 is 0 Å². The quantitative estimate of drug-likeness (QED) is 0.505. The van der Waals surface area contributed by atoms with E-state index in [-0.39, 0.29) is 0 Å². The topological polar surface area (TPSA) is 44.1 Å². The first-order chi connectivity index (χ1) is 11.7. The minimum Gasteiger partial charge on any atom is -0.489 e. The Morgan fingerprint density at radius 1 is 1.21 bits per heavy atom. The van der Waals surface area contributed by atoms with Crippen LogP contribution in [0, 0.1) is 6.92 Å². The number of aryl methyl sites for hydroxylation is 1. The lowest BCUT2D eigenvalue weighted by Gasteiger charge is -2.08. The molecule has 4 heteroatoms. The second kappa shape index (κ2) is 6.96. The van der Waals surface area contributed by atoms with Gasteiger partial charge in [0, 0.05) is 11.8 Å². The van der Waals surface area contributed by atoms with Gasteiger partial charge < -0.3 is 4.74 Å². The molecule has 0 saturated heterocycles. The van der Waals surface area contributed by atoms with Crippen LogP contribution < -0.4 is 4.74 Å². The Bertz CT molecular complexity index is 867. The molecule has 0 aliphatic heterocycles. The van der Waals surface area contributed by atoms with Crippen LogP contribution in [0.25, 0.3) is 16.9 Å². The summed E-state index contributed by atoms with van der Waals surface area (Å²) in [4.78, 5) is 11.4. The Hall–Kier alpha value is -3.14. The van der Waals surface area contributed by atoms with Crippen molar-refractivity contribution >= 4 is 6.29 Å². The fraction of sp³-hybridized carbons (Fsp3) is 0.100. The van der Waals surface area contributed by atoms with Gasteiger partial charge >= 0.3 is 0 Å². The zero-order valence-corrected chi connectivity index (χ0v) is 13.5. The predicted molar refractivity (Wildman–Crippen MR) is 94.8 cm³/mol. The molecule has 0 spiro atoms. The van der Waals surface area contributed by atoms with Gasteiger partial charge in [-0.05, 0) is 42.8 Å². The zero-order valence-electron chi connectivity index (χ0n) is 13.5. The Morgan fingerprint density at radius 3 is 2.67 bits per heavy atom. The van der Waals surface area contributed by atoms with Gasteiger partial charge in [0.2, 0.25) is 0 Å². The van der Waals surface area contributed by atoms with Crippen molar-refractivity contribution in [1.29, 1.82) is 0 Å². The van der Waals surface area contributed by atoms with E-state index in [1.165, 1.54) is 0 Å². The first-order valence-electron chi connectivity index (χ1n) is 7.68. The van der Waals surface area contributed by atoms with E-state index >= 15 is 0 Å². The van der Waals surface area contributed by atoms with E-state index in [0.717, 1.165) is 28.8 Å². The highest BCUT2D eigenvalue weighted by Gasteiger charge is 2.13. The van der Waals surface area contributed by atoms with Crippen LogP contribution in [0.5, 0.6) is 5.75 Å². The molecule has 4 nitrogen and oxygen atoms in total. The summed E-state index contributed by atoms with van der Waals surface area (Å²) in [6.07, 6.45) is 4.29. The lowest BCUT2D eigenvalue weighted by molar-refractivity contribution is 0.112. The van der Waals surface area contributed by atoms with Gasteiger partial charge in [-0.25, -0.2) is 4.68 Å². The third-order valence-corrected chi connectivity index (χ3v) is 3.70. The van der Waals surface area contributed by atoms with E-state index in [1.54, 1.807) is 17.0 Å². The molecule has 1 heterocycles. The smallest absolute Gasteiger partial charge is 0.153 e. The molecule has 0 aliphatic carbocycles. The summed E-state index contributed by atoms with van der Waals surface area (Å²) in [7, 11) is 0. The van der Waals surface area contributed by atoms with Crippen LogP contribution in [0.4, 0.5) is 0 Å². The van der Waals surface area contributed by atoms with Crippen LogP contribution in [0.1, 0.15) is 15.9 Å². The fourth-order valence-corrected chi connectivity index (χ4v) is 2.52. The summed E-state index contributed by atoms with van der Waals surface area (Å²) >= 11 is 0. The van der Waals surface area contributed by atoms with E-state index in [1.807, 2.05) is 55.5 Å². The number of para-hydroxylation sites is 1. The summed E-state index contributed by atoms with van der Waals surface area (Å²) in [5.74, 6) is 0.800. The summed E-state index contributed by atoms with van der Waals surface area (Å²) in [6, 6.07) is 15.5. The molecule has 0 saturated carbocycles. The van der Waals surface area contributed by atoms with Crippen LogP contribution in [-0.4, -0.2) is 22.7 Å². The third kappa shape index (κ3) is 3.13. The van der Waals surface area contributed by atoms with Gasteiger partial charge in [0.15, 0.2) is 6.29 Å². The highest BCUT2D eigenvalue weighted by Crippen LogP contribution is 2.28. The number of benzene rings is 2. The number of hydrogen-bond donors (Lipinski definition) is 0. The molecule has 0 radical (unpaired) electrons. The number of ether oxygens (including phenoxy) is 1. The largest absolute Gasteiger partial charge is 0.489 e. The molecular weight excluding hydrogens is 300 g/mol. The highest BCUT2D eigenvalue weighted by molar-refractivity contribution is 5.85. The molecule has 0 fully saturated rings. The van der Waals surface area contributed by atoms with Gasteiger partial charge in [-0.15, -0.1) is 0 Å². The van der Waals surface area contributed by atoms with Crippen molar-refractivity contribution in [2.75, 3.05) is 6.61 Å². The molecule has 0 bridgehead atoms. The third-order valence-electron chi connectivity index (χ3n) is 3.70. The van der Waals surface area contributed by atoms with Crippen molar-refractivity contribution in [3.05, 3.63) is 78.5 Å². The monoisotopic (exact) mass is 318 g/mol. The molecule has 3 aromatic rings. The molecule has 0 aliphatic rings. The van der Waals surface area contributed by atoms with Crippen molar-refractivity contribution in [1.82, 2.24) is 9.78 Å². The fourth-order valence-electron chi connectivity index (χ4n) is 2.52. The SMILES string of the molecule is C=CCOc1ccc(-c2nn(-c3ccccc3)cc2C=O)cc1C. The molecule has 0 atom stereocenters. The number of nitrogens with zero attached hydrogens (tertiary/aromatic N) is 2. The Labute approximate surface area is 141 Å². The second-order valence-electron chi connectivity index (χ2n) is 5.41. The predicted octanol–water partition coefficient (Wildman–Crippen LogP) is 4.23. The lowest BCUT2D eigenvalue weighted by atomic mass is 10.1. The summed E-state index contributed by atoms with van der Waals surface area (Å²) < 4.78 is 7.31. The van der Waals surface area contributed by atoms with Crippen molar-refractivity contribution in [2.45, 2.75) is 6.92 Å². The van der Waals surface area contributed by atoms with Crippen molar-refractivity contribution < 1.29 is 9.53 Å². The maximum Gasteiger partial charge on any atom is 0.153 e. The van der Waals surface area contributed by atoms with E-state index in [9.17, 15) is 4.79 Å². The molecule has 120 valence electrons. The molecule has 0 N–H and O–H groups in total. The Morgan fingerprint density at radius 2 is 2.00 bits per heavy atom. The lowest BCUT2D eigenvalue weighted by Crippen LogP contribution is -1.96. The molecule has 0 unspecified atom stereocenters. The first-order valence-corrected chi connectivity index (χ1v) is 7.68. The normalized spacial score (nSPS) is 10.4. The van der Waals surface area contributed by atoms with Gasteiger partial charge in [-0.1, -0.05) is 30.9 Å².